The van der Waals surface area contributed by atoms with Crippen LogP contribution >= 0.6 is 0 Å². The lowest BCUT2D eigenvalue weighted by Crippen LogP contribution is -2.01. The summed E-state index contributed by atoms with van der Waals surface area (Å²) in [6.45, 7) is 1.89. The van der Waals surface area contributed by atoms with Crippen molar-refractivity contribution in [3.63, 3.8) is 0 Å². The Morgan fingerprint density at radius 1 is 1.50 bits per heavy atom. The molecule has 14 heavy (non-hydrogen) atoms. The van der Waals surface area contributed by atoms with Crippen molar-refractivity contribution >= 4 is 16.9 Å². The van der Waals surface area contributed by atoms with E-state index in [2.05, 4.69) is 0 Å². The number of carboxylic acid groups (broad SMARTS) is 1. The molecule has 0 aliphatic rings. The first-order valence-electron chi connectivity index (χ1n) is 4.35. The average Bonchev–Trinajstić information content (AvgIpc) is 2.51. The number of fused-ring (bicyclic) bond motifs is 1. The lowest BCUT2D eigenvalue weighted by atomic mass is 10.0. The number of carboxylic acids is 1. The van der Waals surface area contributed by atoms with Crippen molar-refractivity contribution in [2.24, 2.45) is 0 Å². The molecule has 2 rings (SSSR count). The number of hydrogen-bond donors (Lipinski definition) is 1. The topological polar surface area (TPSA) is 50.4 Å². The van der Waals surface area contributed by atoms with Crippen LogP contribution in [0.2, 0.25) is 0 Å². The fourth-order valence-corrected chi connectivity index (χ4v) is 1.51. The molecule has 0 unspecified atom stereocenters. The maximum Gasteiger partial charge on any atom is 0.307 e. The molecule has 0 bridgehead atoms. The van der Waals surface area contributed by atoms with E-state index in [9.17, 15) is 4.79 Å². The second-order valence-electron chi connectivity index (χ2n) is 3.31. The predicted molar refractivity (Wildman–Crippen MR) is 52.3 cm³/mol. The summed E-state index contributed by atoms with van der Waals surface area (Å²) in [4.78, 5) is 10.6. The van der Waals surface area contributed by atoms with E-state index in [-0.39, 0.29) is 6.42 Å². The number of hydrogen-bond acceptors (Lipinski definition) is 2. The van der Waals surface area contributed by atoms with E-state index in [1.807, 2.05) is 25.1 Å². The van der Waals surface area contributed by atoms with Gasteiger partial charge in [-0.05, 0) is 36.2 Å². The van der Waals surface area contributed by atoms with Crippen LogP contribution in [0.3, 0.4) is 0 Å². The van der Waals surface area contributed by atoms with Gasteiger partial charge in [0, 0.05) is 5.39 Å². The highest BCUT2D eigenvalue weighted by Gasteiger charge is 2.06. The van der Waals surface area contributed by atoms with E-state index in [1.165, 1.54) is 0 Å². The lowest BCUT2D eigenvalue weighted by molar-refractivity contribution is -0.136. The molecule has 2 aromatic rings. The maximum absolute atomic E-state index is 10.6. The monoisotopic (exact) mass is 190 g/mol. The van der Waals surface area contributed by atoms with Gasteiger partial charge in [-0.25, -0.2) is 0 Å². The summed E-state index contributed by atoms with van der Waals surface area (Å²) in [5.41, 5.74) is 2.60. The molecule has 1 heterocycles. The highest BCUT2D eigenvalue weighted by Crippen LogP contribution is 2.20. The van der Waals surface area contributed by atoms with Gasteiger partial charge in [-0.3, -0.25) is 4.79 Å². The molecule has 0 aliphatic heterocycles. The third kappa shape index (κ3) is 1.48. The molecule has 0 saturated heterocycles. The van der Waals surface area contributed by atoms with Crippen LogP contribution in [0.25, 0.3) is 11.0 Å². The molecule has 0 atom stereocenters. The Hall–Kier alpha value is -1.77. The van der Waals surface area contributed by atoms with Crippen molar-refractivity contribution in [2.45, 2.75) is 13.3 Å². The zero-order valence-corrected chi connectivity index (χ0v) is 7.78. The van der Waals surface area contributed by atoms with Gasteiger partial charge in [0.2, 0.25) is 0 Å². The minimum absolute atomic E-state index is 0.0625. The van der Waals surface area contributed by atoms with Gasteiger partial charge in [0.05, 0.1) is 12.7 Å². The number of furan rings is 1. The fourth-order valence-electron chi connectivity index (χ4n) is 1.51. The molecular formula is C11H10O3. The van der Waals surface area contributed by atoms with Crippen LogP contribution in [0, 0.1) is 6.92 Å². The third-order valence-electron chi connectivity index (χ3n) is 2.25. The van der Waals surface area contributed by atoms with E-state index in [0.717, 1.165) is 22.1 Å². The first-order valence-corrected chi connectivity index (χ1v) is 4.35. The van der Waals surface area contributed by atoms with Crippen LogP contribution in [0.5, 0.6) is 0 Å². The summed E-state index contributed by atoms with van der Waals surface area (Å²) in [5.74, 6) is -0.809. The van der Waals surface area contributed by atoms with E-state index >= 15 is 0 Å². The summed E-state index contributed by atoms with van der Waals surface area (Å²) in [6.07, 6.45) is 1.67. The Bertz CT molecular complexity index is 482. The molecule has 0 fully saturated rings. The highest BCUT2D eigenvalue weighted by molar-refractivity contribution is 5.81. The molecule has 3 heteroatoms. The average molecular weight is 190 g/mol. The Kier molecular flexibility index (Phi) is 2.00. The van der Waals surface area contributed by atoms with Crippen molar-refractivity contribution in [3.8, 4) is 0 Å². The minimum atomic E-state index is -0.809. The maximum atomic E-state index is 10.6. The largest absolute Gasteiger partial charge is 0.481 e. The molecule has 1 aromatic carbocycles. The Morgan fingerprint density at radius 3 is 3.00 bits per heavy atom. The predicted octanol–water partition coefficient (Wildman–Crippen LogP) is 2.37. The number of rotatable bonds is 2. The number of benzene rings is 1. The SMILES string of the molecule is Cc1cc2occc2cc1CC(=O)O. The number of carbonyl (C=O) groups is 1. The molecule has 0 spiro atoms. The molecular weight excluding hydrogens is 180 g/mol. The lowest BCUT2D eigenvalue weighted by Gasteiger charge is -2.02. The van der Waals surface area contributed by atoms with Gasteiger partial charge in [-0.1, -0.05) is 0 Å². The van der Waals surface area contributed by atoms with Gasteiger partial charge in [0.25, 0.3) is 0 Å². The molecule has 3 nitrogen and oxygen atoms in total. The number of aryl methyl sites for hydroxylation is 1. The van der Waals surface area contributed by atoms with Crippen molar-refractivity contribution in [1.29, 1.82) is 0 Å². The summed E-state index contributed by atoms with van der Waals surface area (Å²) in [6, 6.07) is 5.57. The Morgan fingerprint density at radius 2 is 2.29 bits per heavy atom. The standard InChI is InChI=1S/C11H10O3/c1-7-4-10-8(2-3-14-10)5-9(7)6-11(12)13/h2-5H,6H2,1H3,(H,12,13). The fraction of sp³-hybridized carbons (Fsp3) is 0.182. The van der Waals surface area contributed by atoms with Crippen LogP contribution in [-0.4, -0.2) is 11.1 Å². The zero-order chi connectivity index (χ0) is 10.1. The van der Waals surface area contributed by atoms with Gasteiger partial charge >= 0.3 is 5.97 Å². The molecule has 0 aliphatic carbocycles. The van der Waals surface area contributed by atoms with Crippen molar-refractivity contribution < 1.29 is 14.3 Å². The van der Waals surface area contributed by atoms with Crippen molar-refractivity contribution in [3.05, 3.63) is 35.6 Å². The highest BCUT2D eigenvalue weighted by atomic mass is 16.4. The van der Waals surface area contributed by atoms with Crippen LogP contribution in [0.4, 0.5) is 0 Å². The van der Waals surface area contributed by atoms with Gasteiger partial charge in [-0.15, -0.1) is 0 Å². The Balaban J connectivity index is 2.53. The summed E-state index contributed by atoms with van der Waals surface area (Å²) < 4.78 is 5.21. The summed E-state index contributed by atoms with van der Waals surface area (Å²) in [5, 5.41) is 9.64. The van der Waals surface area contributed by atoms with Crippen molar-refractivity contribution in [1.82, 2.24) is 0 Å². The van der Waals surface area contributed by atoms with E-state index in [4.69, 9.17) is 9.52 Å². The first-order chi connectivity index (χ1) is 6.66. The summed E-state index contributed by atoms with van der Waals surface area (Å²) in [7, 11) is 0. The second-order valence-corrected chi connectivity index (χ2v) is 3.31. The normalized spacial score (nSPS) is 10.6. The molecule has 0 radical (unpaired) electrons. The van der Waals surface area contributed by atoms with Gasteiger partial charge < -0.3 is 9.52 Å². The molecule has 72 valence electrons. The van der Waals surface area contributed by atoms with Gasteiger partial charge in [0.15, 0.2) is 0 Å². The Labute approximate surface area is 81.0 Å². The number of aliphatic carboxylic acids is 1. The van der Waals surface area contributed by atoms with Gasteiger partial charge in [-0.2, -0.15) is 0 Å². The van der Waals surface area contributed by atoms with Crippen LogP contribution < -0.4 is 0 Å². The van der Waals surface area contributed by atoms with E-state index in [1.54, 1.807) is 6.26 Å². The zero-order valence-electron chi connectivity index (χ0n) is 7.78. The van der Waals surface area contributed by atoms with Crippen LogP contribution in [-0.2, 0) is 11.2 Å². The van der Waals surface area contributed by atoms with Crippen LogP contribution in [0.15, 0.2) is 28.9 Å². The van der Waals surface area contributed by atoms with E-state index in [0.29, 0.717) is 0 Å². The first kappa shape index (κ1) is 8.81. The molecule has 0 saturated carbocycles. The van der Waals surface area contributed by atoms with E-state index < -0.39 is 5.97 Å². The quantitative estimate of drug-likeness (QED) is 0.790. The molecule has 0 amide bonds. The van der Waals surface area contributed by atoms with Crippen LogP contribution in [0.1, 0.15) is 11.1 Å². The molecule has 1 N–H and O–H groups in total. The second kappa shape index (κ2) is 3.18. The van der Waals surface area contributed by atoms with Crippen molar-refractivity contribution in [2.75, 3.05) is 0 Å². The minimum Gasteiger partial charge on any atom is -0.481 e. The molecule has 1 aromatic heterocycles. The smallest absolute Gasteiger partial charge is 0.307 e. The third-order valence-corrected chi connectivity index (χ3v) is 2.25. The van der Waals surface area contributed by atoms with Gasteiger partial charge in [0.1, 0.15) is 5.58 Å². The summed E-state index contributed by atoms with van der Waals surface area (Å²) >= 11 is 0.